The molecule has 0 atom stereocenters. The predicted octanol–water partition coefficient (Wildman–Crippen LogP) is 1.58. The molecule has 0 aliphatic heterocycles. The van der Waals surface area contributed by atoms with E-state index in [1.807, 2.05) is 0 Å². The third-order valence-corrected chi connectivity index (χ3v) is 2.73. The fourth-order valence-corrected chi connectivity index (χ4v) is 1.58. The molecule has 0 unspecified atom stereocenters. The van der Waals surface area contributed by atoms with Crippen molar-refractivity contribution in [2.24, 2.45) is 0 Å². The Balaban J connectivity index is 2.45. The first-order chi connectivity index (χ1) is 3.43. The van der Waals surface area contributed by atoms with Crippen LogP contribution >= 0.6 is 0 Å². The molecule has 34 valence electrons. The van der Waals surface area contributed by atoms with Crippen LogP contribution in [-0.4, -0.2) is 20.4 Å². The Bertz CT molecular complexity index is 111. The maximum atomic E-state index is 2.33. The zero-order valence-corrected chi connectivity index (χ0v) is 6.06. The zero-order chi connectivity index (χ0) is 5.11. The molecule has 1 aliphatic rings. The van der Waals surface area contributed by atoms with Gasteiger partial charge >= 0.3 is 20.4 Å². The second kappa shape index (κ2) is 2.53. The highest BCUT2D eigenvalue weighted by molar-refractivity contribution is 6.43. The van der Waals surface area contributed by atoms with Gasteiger partial charge in [0.05, 0.1) is 0 Å². The molecule has 1 aliphatic carbocycles. The molecule has 0 saturated carbocycles. The van der Waals surface area contributed by atoms with E-state index in [0.29, 0.717) is 0 Å². The molecule has 0 spiro atoms. The van der Waals surface area contributed by atoms with E-state index in [1.165, 1.54) is 6.42 Å². The van der Waals surface area contributed by atoms with Crippen molar-refractivity contribution >= 4 is 20.4 Å². The third kappa shape index (κ3) is 1.32. The molecule has 1 rings (SSSR count). The molecule has 0 amide bonds. The first kappa shape index (κ1) is 5.38. The van der Waals surface area contributed by atoms with Crippen LogP contribution in [-0.2, 0) is 0 Å². The number of hydrogen-bond donors (Lipinski definition) is 0. The Morgan fingerprint density at radius 3 is 2.86 bits per heavy atom. The van der Waals surface area contributed by atoms with Crippen molar-refractivity contribution in [1.29, 1.82) is 0 Å². The van der Waals surface area contributed by atoms with E-state index in [0.717, 1.165) is 0 Å². The minimum absolute atomic E-state index is 0.189. The summed E-state index contributed by atoms with van der Waals surface area (Å²) in [5.41, 5.74) is 0. The molecule has 0 N–H and O–H groups in total. The second-order valence-electron chi connectivity index (χ2n) is 1.81. The third-order valence-electron chi connectivity index (χ3n) is 1.30. The van der Waals surface area contributed by atoms with Gasteiger partial charge < -0.3 is 0 Å². The summed E-state index contributed by atoms with van der Waals surface area (Å²) in [7, 11) is 0. The topological polar surface area (TPSA) is 0 Å². The van der Waals surface area contributed by atoms with Crippen molar-refractivity contribution < 1.29 is 0 Å². The van der Waals surface area contributed by atoms with E-state index in [1.54, 1.807) is 3.70 Å². The molecule has 1 heteroatoms. The lowest BCUT2D eigenvalue weighted by Crippen LogP contribution is -1.83. The van der Waals surface area contributed by atoms with Crippen molar-refractivity contribution in [3.8, 4) is 0 Å². The van der Waals surface area contributed by atoms with Gasteiger partial charge in [-0.2, -0.15) is 8.76 Å². The summed E-state index contributed by atoms with van der Waals surface area (Å²) in [6.45, 7) is 0. The van der Waals surface area contributed by atoms with Crippen LogP contribution in [0.4, 0.5) is 0 Å². The van der Waals surface area contributed by atoms with Crippen LogP contribution in [0.2, 0.25) is 5.05 Å². The SMILES string of the molecule is [CH3][Mg][C]1=CC=CC1. The molecular weight excluding hydrogens is 96.4 g/mol. The Morgan fingerprint density at radius 1 is 1.71 bits per heavy atom. The number of rotatable bonds is 1. The van der Waals surface area contributed by atoms with Crippen LogP contribution in [0.1, 0.15) is 6.42 Å². The molecule has 0 heterocycles. The average Bonchev–Trinajstić information content (AvgIpc) is 2.14. The van der Waals surface area contributed by atoms with E-state index in [4.69, 9.17) is 0 Å². The van der Waals surface area contributed by atoms with Gasteiger partial charge in [0, 0.05) is 0 Å². The lowest BCUT2D eigenvalue weighted by Gasteiger charge is -1.87. The van der Waals surface area contributed by atoms with Gasteiger partial charge in [0.1, 0.15) is 0 Å². The second-order valence-corrected chi connectivity index (χ2v) is 3.43. The molecule has 0 radical (unpaired) electrons. The molecule has 0 aromatic heterocycles. The fourth-order valence-electron chi connectivity index (χ4n) is 0.754. The molecule has 7 heavy (non-hydrogen) atoms. The van der Waals surface area contributed by atoms with Crippen LogP contribution in [0.5, 0.6) is 0 Å². The van der Waals surface area contributed by atoms with Crippen LogP contribution in [0.3, 0.4) is 0 Å². The Hall–Kier alpha value is 0.246. The smallest absolute Gasteiger partial charge is 0.191 e. The van der Waals surface area contributed by atoms with Crippen LogP contribution in [0.15, 0.2) is 21.9 Å². The summed E-state index contributed by atoms with van der Waals surface area (Å²) in [4.78, 5) is 0. The fraction of sp³-hybridized carbons (Fsp3) is 0.333. The molecule has 0 fully saturated rings. The van der Waals surface area contributed by atoms with Crippen molar-refractivity contribution in [3.05, 3.63) is 21.9 Å². The van der Waals surface area contributed by atoms with E-state index >= 15 is 0 Å². The highest BCUT2D eigenvalue weighted by atomic mass is 24.5. The quantitative estimate of drug-likeness (QED) is 0.443. The van der Waals surface area contributed by atoms with Crippen molar-refractivity contribution in [3.63, 3.8) is 0 Å². The molecule has 0 saturated heterocycles. The first-order valence-electron chi connectivity index (χ1n) is 2.78. The van der Waals surface area contributed by atoms with Crippen molar-refractivity contribution in [2.75, 3.05) is 0 Å². The summed E-state index contributed by atoms with van der Waals surface area (Å²) in [6, 6.07) is 0. The van der Waals surface area contributed by atoms with Gasteiger partial charge in [-0.25, -0.2) is 0 Å². The number of hydrogen-bond acceptors (Lipinski definition) is 0. The van der Waals surface area contributed by atoms with Gasteiger partial charge in [-0.15, -0.1) is 0 Å². The summed E-state index contributed by atoms with van der Waals surface area (Å²) >= 11 is 0.189. The Labute approximate surface area is 54.0 Å². The minimum Gasteiger partial charge on any atom is -0.191 e. The van der Waals surface area contributed by atoms with E-state index in [2.05, 4.69) is 23.3 Å². The monoisotopic (exact) mass is 104 g/mol. The lowest BCUT2D eigenvalue weighted by atomic mass is 10.5. The first-order valence-corrected chi connectivity index (χ1v) is 4.90. The van der Waals surface area contributed by atoms with Crippen LogP contribution < -0.4 is 0 Å². The minimum atomic E-state index is 0.189. The molecule has 0 nitrogen and oxygen atoms in total. The van der Waals surface area contributed by atoms with Gasteiger partial charge in [0.15, 0.2) is 0 Å². The molecular formula is C6H8Mg. The standard InChI is InChI=1S/C5H5.CH3.Mg/c1-2-4-5-3-1;;/h1-3H,4H2;1H3;. The largest absolute Gasteiger partial charge is 0.398 e. The highest BCUT2D eigenvalue weighted by Crippen LogP contribution is 2.06. The summed E-state index contributed by atoms with van der Waals surface area (Å²) in [5.74, 6) is 0. The molecule has 0 aromatic carbocycles. The van der Waals surface area contributed by atoms with Gasteiger partial charge in [-0.05, 0) is 6.42 Å². The summed E-state index contributed by atoms with van der Waals surface area (Å²) in [5, 5.41) is 2.33. The molecule has 0 bridgehead atoms. The van der Waals surface area contributed by atoms with E-state index < -0.39 is 0 Å². The van der Waals surface area contributed by atoms with Gasteiger partial charge in [-0.1, -0.05) is 18.2 Å². The van der Waals surface area contributed by atoms with E-state index in [-0.39, 0.29) is 20.4 Å². The van der Waals surface area contributed by atoms with E-state index in [9.17, 15) is 0 Å². The van der Waals surface area contributed by atoms with Crippen LogP contribution in [0.25, 0.3) is 0 Å². The Morgan fingerprint density at radius 2 is 2.57 bits per heavy atom. The van der Waals surface area contributed by atoms with Crippen molar-refractivity contribution in [1.82, 2.24) is 0 Å². The summed E-state index contributed by atoms with van der Waals surface area (Å²) in [6.07, 6.45) is 7.90. The Kier molecular flexibility index (Phi) is 1.94. The average molecular weight is 104 g/mol. The van der Waals surface area contributed by atoms with Gasteiger partial charge in [-0.3, -0.25) is 0 Å². The normalized spacial score (nSPS) is 16.4. The highest BCUT2D eigenvalue weighted by Gasteiger charge is 1.95. The molecule has 0 aromatic rings. The number of allylic oxidation sites excluding steroid dienone is 4. The lowest BCUT2D eigenvalue weighted by molar-refractivity contribution is 1.40. The van der Waals surface area contributed by atoms with Crippen molar-refractivity contribution in [2.45, 2.75) is 11.5 Å². The summed E-state index contributed by atoms with van der Waals surface area (Å²) < 4.78 is 1.69. The maximum absolute atomic E-state index is 2.33. The van der Waals surface area contributed by atoms with Gasteiger partial charge in [0.2, 0.25) is 0 Å². The van der Waals surface area contributed by atoms with Gasteiger partial charge in [0.25, 0.3) is 0 Å². The van der Waals surface area contributed by atoms with Crippen LogP contribution in [0, 0.1) is 0 Å². The maximum Gasteiger partial charge on any atom is 0.398 e. The zero-order valence-electron chi connectivity index (χ0n) is 4.65. The predicted molar refractivity (Wildman–Crippen MR) is 33.5 cm³/mol.